The average molecular weight is 146 g/mol. The van der Waals surface area contributed by atoms with Crippen LogP contribution < -0.4 is 0 Å². The summed E-state index contributed by atoms with van der Waals surface area (Å²) in [6.07, 6.45) is -0.0487. The van der Waals surface area contributed by atoms with Crippen molar-refractivity contribution in [3.05, 3.63) is 0 Å². The Morgan fingerprint density at radius 3 is 2.10 bits per heavy atom. The predicted molar refractivity (Wildman–Crippen MR) is 41.9 cm³/mol. The van der Waals surface area contributed by atoms with Gasteiger partial charge in [0, 0.05) is 6.61 Å². The molecule has 0 rings (SSSR count). The van der Waals surface area contributed by atoms with E-state index in [1.54, 1.807) is 0 Å². The fourth-order valence-electron chi connectivity index (χ4n) is 0.611. The van der Waals surface area contributed by atoms with Gasteiger partial charge in [0.2, 0.25) is 0 Å². The van der Waals surface area contributed by atoms with Crippen LogP contribution in [0.5, 0.6) is 0 Å². The Bertz CT molecular complexity index is 71.7. The van der Waals surface area contributed by atoms with Crippen molar-refractivity contribution in [1.29, 1.82) is 0 Å². The highest BCUT2D eigenvalue weighted by Gasteiger charge is 2.00. The van der Waals surface area contributed by atoms with Gasteiger partial charge < -0.3 is 9.47 Å². The van der Waals surface area contributed by atoms with E-state index in [0.717, 1.165) is 13.2 Å². The summed E-state index contributed by atoms with van der Waals surface area (Å²) in [6.45, 7) is 9.64. The summed E-state index contributed by atoms with van der Waals surface area (Å²) in [6, 6.07) is 0. The largest absolute Gasteiger partial charge is 0.353 e. The van der Waals surface area contributed by atoms with Crippen LogP contribution in [0.3, 0.4) is 0 Å². The highest BCUT2D eigenvalue weighted by Crippen LogP contribution is 1.98. The number of rotatable bonds is 5. The third kappa shape index (κ3) is 6.05. The first-order valence-electron chi connectivity index (χ1n) is 3.90. The molecule has 0 N–H and O–H groups in total. The highest BCUT2D eigenvalue weighted by atomic mass is 16.7. The van der Waals surface area contributed by atoms with Gasteiger partial charge >= 0.3 is 0 Å². The molecule has 2 nitrogen and oxygen atoms in total. The van der Waals surface area contributed by atoms with Gasteiger partial charge in [0.1, 0.15) is 0 Å². The summed E-state index contributed by atoms with van der Waals surface area (Å²) >= 11 is 0. The summed E-state index contributed by atoms with van der Waals surface area (Å²) in [5, 5.41) is 0. The fourth-order valence-corrected chi connectivity index (χ4v) is 0.611. The Balaban J connectivity index is 3.12. The third-order valence-corrected chi connectivity index (χ3v) is 1.07. The normalized spacial score (nSPS) is 14.1. The van der Waals surface area contributed by atoms with E-state index in [2.05, 4.69) is 13.8 Å². The standard InChI is InChI=1S/C8H18O2/c1-5-9-8(4)10-6-7(2)3/h7-8H,5-6H2,1-4H3. The molecular formula is C8H18O2. The van der Waals surface area contributed by atoms with Crippen molar-refractivity contribution in [1.82, 2.24) is 0 Å². The topological polar surface area (TPSA) is 18.5 Å². The van der Waals surface area contributed by atoms with Crippen molar-refractivity contribution >= 4 is 0 Å². The maximum absolute atomic E-state index is 5.32. The van der Waals surface area contributed by atoms with Crippen molar-refractivity contribution in [3.63, 3.8) is 0 Å². The second kappa shape index (κ2) is 5.69. The molecule has 10 heavy (non-hydrogen) atoms. The molecule has 0 radical (unpaired) electrons. The molecule has 0 bridgehead atoms. The van der Waals surface area contributed by atoms with Crippen molar-refractivity contribution < 1.29 is 9.47 Å². The molecule has 0 spiro atoms. The summed E-state index contributed by atoms with van der Waals surface area (Å²) < 4.78 is 10.5. The van der Waals surface area contributed by atoms with Gasteiger partial charge in [0.25, 0.3) is 0 Å². The zero-order valence-electron chi connectivity index (χ0n) is 7.39. The first-order valence-corrected chi connectivity index (χ1v) is 3.90. The van der Waals surface area contributed by atoms with Gasteiger partial charge in [0.05, 0.1) is 6.61 Å². The molecule has 0 aliphatic carbocycles. The lowest BCUT2D eigenvalue weighted by molar-refractivity contribution is -0.133. The number of ether oxygens (including phenoxy) is 2. The Morgan fingerprint density at radius 1 is 1.10 bits per heavy atom. The smallest absolute Gasteiger partial charge is 0.154 e. The molecule has 1 unspecified atom stereocenters. The van der Waals surface area contributed by atoms with Crippen LogP contribution >= 0.6 is 0 Å². The summed E-state index contributed by atoms with van der Waals surface area (Å²) in [4.78, 5) is 0. The van der Waals surface area contributed by atoms with Crippen molar-refractivity contribution in [2.75, 3.05) is 13.2 Å². The van der Waals surface area contributed by atoms with Crippen molar-refractivity contribution in [3.8, 4) is 0 Å². The molecule has 0 aromatic rings. The van der Waals surface area contributed by atoms with Crippen LogP contribution in [0.25, 0.3) is 0 Å². The van der Waals surface area contributed by atoms with E-state index in [1.807, 2.05) is 13.8 Å². The minimum absolute atomic E-state index is 0.0487. The minimum Gasteiger partial charge on any atom is -0.353 e. The number of hydrogen-bond acceptors (Lipinski definition) is 2. The van der Waals surface area contributed by atoms with E-state index < -0.39 is 0 Å². The first-order chi connectivity index (χ1) is 4.66. The maximum Gasteiger partial charge on any atom is 0.154 e. The van der Waals surface area contributed by atoms with Crippen LogP contribution in [0, 0.1) is 5.92 Å². The van der Waals surface area contributed by atoms with Gasteiger partial charge in [-0.15, -0.1) is 0 Å². The Kier molecular flexibility index (Phi) is 5.64. The van der Waals surface area contributed by atoms with Crippen LogP contribution in [0.15, 0.2) is 0 Å². The summed E-state index contributed by atoms with van der Waals surface area (Å²) in [5.41, 5.74) is 0. The number of hydrogen-bond donors (Lipinski definition) is 0. The second-order valence-corrected chi connectivity index (χ2v) is 2.75. The van der Waals surface area contributed by atoms with Crippen LogP contribution in [0.4, 0.5) is 0 Å². The van der Waals surface area contributed by atoms with Crippen molar-refractivity contribution in [2.45, 2.75) is 34.0 Å². The minimum atomic E-state index is -0.0487. The monoisotopic (exact) mass is 146 g/mol. The molecule has 0 saturated carbocycles. The Morgan fingerprint density at radius 2 is 1.70 bits per heavy atom. The summed E-state index contributed by atoms with van der Waals surface area (Å²) in [5.74, 6) is 0.586. The molecule has 0 saturated heterocycles. The Labute approximate surface area is 63.5 Å². The molecule has 0 aromatic heterocycles. The van der Waals surface area contributed by atoms with Gasteiger partial charge in [-0.1, -0.05) is 13.8 Å². The van der Waals surface area contributed by atoms with E-state index in [1.165, 1.54) is 0 Å². The zero-order valence-corrected chi connectivity index (χ0v) is 7.39. The van der Waals surface area contributed by atoms with Gasteiger partial charge in [-0.2, -0.15) is 0 Å². The molecule has 0 amide bonds. The molecular weight excluding hydrogens is 128 g/mol. The SMILES string of the molecule is CCOC(C)OCC(C)C. The van der Waals surface area contributed by atoms with Gasteiger partial charge in [-0.3, -0.25) is 0 Å². The average Bonchev–Trinajstić information content (AvgIpc) is 1.85. The molecule has 0 heterocycles. The lowest BCUT2D eigenvalue weighted by atomic mass is 10.2. The molecule has 0 aromatic carbocycles. The lowest BCUT2D eigenvalue weighted by Crippen LogP contribution is -2.15. The maximum atomic E-state index is 5.32. The molecule has 2 heteroatoms. The van der Waals surface area contributed by atoms with Crippen LogP contribution in [0.2, 0.25) is 0 Å². The summed E-state index contributed by atoms with van der Waals surface area (Å²) in [7, 11) is 0. The molecule has 0 fully saturated rings. The van der Waals surface area contributed by atoms with Gasteiger partial charge in [0.15, 0.2) is 6.29 Å². The van der Waals surface area contributed by atoms with Crippen LogP contribution in [-0.2, 0) is 9.47 Å². The van der Waals surface area contributed by atoms with Crippen LogP contribution in [0.1, 0.15) is 27.7 Å². The zero-order chi connectivity index (χ0) is 7.98. The fraction of sp³-hybridized carbons (Fsp3) is 1.00. The first kappa shape index (κ1) is 9.92. The quantitative estimate of drug-likeness (QED) is 0.552. The van der Waals surface area contributed by atoms with Crippen molar-refractivity contribution in [2.24, 2.45) is 5.92 Å². The highest BCUT2D eigenvalue weighted by molar-refractivity contribution is 4.40. The van der Waals surface area contributed by atoms with Gasteiger partial charge in [-0.05, 0) is 19.8 Å². The van der Waals surface area contributed by atoms with E-state index in [0.29, 0.717) is 5.92 Å². The van der Waals surface area contributed by atoms with Gasteiger partial charge in [-0.25, -0.2) is 0 Å². The molecule has 0 aliphatic heterocycles. The van der Waals surface area contributed by atoms with E-state index in [4.69, 9.17) is 9.47 Å². The Hall–Kier alpha value is -0.0800. The lowest BCUT2D eigenvalue weighted by Gasteiger charge is -2.13. The third-order valence-electron chi connectivity index (χ3n) is 1.07. The van der Waals surface area contributed by atoms with E-state index >= 15 is 0 Å². The van der Waals surface area contributed by atoms with Crippen LogP contribution in [-0.4, -0.2) is 19.5 Å². The van der Waals surface area contributed by atoms with E-state index in [-0.39, 0.29) is 6.29 Å². The van der Waals surface area contributed by atoms with E-state index in [9.17, 15) is 0 Å². The molecule has 1 atom stereocenters. The predicted octanol–water partition coefficient (Wildman–Crippen LogP) is 2.04. The molecule has 0 aliphatic rings. The molecule has 62 valence electrons. The second-order valence-electron chi connectivity index (χ2n) is 2.75.